The Balaban J connectivity index is 2.14. The van der Waals surface area contributed by atoms with Crippen molar-refractivity contribution in [2.75, 3.05) is 6.61 Å². The van der Waals surface area contributed by atoms with Gasteiger partial charge in [-0.1, -0.05) is 0 Å². The van der Waals surface area contributed by atoms with Crippen molar-refractivity contribution >= 4 is 5.97 Å². The predicted molar refractivity (Wildman–Crippen MR) is 28.8 cm³/mol. The van der Waals surface area contributed by atoms with E-state index in [9.17, 15) is 4.79 Å². The highest BCUT2D eigenvalue weighted by molar-refractivity contribution is 5.85. The Morgan fingerprint density at radius 3 is 2.22 bits per heavy atom. The number of carboxylic acid groups (broad SMARTS) is 1. The molecule has 50 valence electrons. The average molecular weight is 128 g/mol. The van der Waals surface area contributed by atoms with Crippen LogP contribution in [0.1, 0.15) is 12.8 Å². The zero-order valence-corrected chi connectivity index (χ0v) is 4.92. The highest BCUT2D eigenvalue weighted by Gasteiger charge is 2.87. The molecule has 0 aliphatic heterocycles. The maximum Gasteiger partial charge on any atom is 0.310 e. The number of hydrogen-bond donors (Lipinski definition) is 2. The molecular formula is C6H8O3. The maximum atomic E-state index is 10.4. The largest absolute Gasteiger partial charge is 0.481 e. The number of carbonyl (C=O) groups is 1. The molecule has 0 atom stereocenters. The van der Waals surface area contributed by atoms with Crippen molar-refractivity contribution in [2.24, 2.45) is 10.8 Å². The van der Waals surface area contributed by atoms with Crippen LogP contribution in [0.25, 0.3) is 0 Å². The molecule has 0 aromatic heterocycles. The van der Waals surface area contributed by atoms with Gasteiger partial charge in [0.15, 0.2) is 0 Å². The van der Waals surface area contributed by atoms with Crippen LogP contribution in [0.2, 0.25) is 0 Å². The van der Waals surface area contributed by atoms with Gasteiger partial charge in [-0.3, -0.25) is 4.79 Å². The molecule has 0 heterocycles. The van der Waals surface area contributed by atoms with Crippen molar-refractivity contribution in [3.63, 3.8) is 0 Å². The lowest BCUT2D eigenvalue weighted by molar-refractivity contribution is -0.141. The van der Waals surface area contributed by atoms with E-state index in [1.54, 1.807) is 0 Å². The minimum Gasteiger partial charge on any atom is -0.481 e. The van der Waals surface area contributed by atoms with E-state index >= 15 is 0 Å². The van der Waals surface area contributed by atoms with E-state index in [0.29, 0.717) is 12.8 Å². The Hall–Kier alpha value is -0.570. The number of aliphatic carboxylic acids is 1. The van der Waals surface area contributed by atoms with Crippen LogP contribution in [-0.4, -0.2) is 22.8 Å². The summed E-state index contributed by atoms with van der Waals surface area (Å²) in [7, 11) is 0. The Kier molecular flexibility index (Phi) is 0.588. The van der Waals surface area contributed by atoms with Crippen LogP contribution < -0.4 is 0 Å². The molecule has 2 aliphatic rings. The normalized spacial score (nSPS) is 52.1. The Labute approximate surface area is 52.3 Å². The molecule has 0 amide bonds. The second kappa shape index (κ2) is 1.01. The second-order valence-corrected chi connectivity index (χ2v) is 3.18. The summed E-state index contributed by atoms with van der Waals surface area (Å²) < 4.78 is 0. The summed E-state index contributed by atoms with van der Waals surface area (Å²) in [6.45, 7) is 0.0549. The van der Waals surface area contributed by atoms with E-state index in [1.807, 2.05) is 0 Å². The summed E-state index contributed by atoms with van der Waals surface area (Å²) >= 11 is 0. The highest BCUT2D eigenvalue weighted by Crippen LogP contribution is 2.85. The van der Waals surface area contributed by atoms with Crippen LogP contribution in [0.15, 0.2) is 0 Å². The van der Waals surface area contributed by atoms with Crippen LogP contribution in [-0.2, 0) is 4.79 Å². The van der Waals surface area contributed by atoms with Gasteiger partial charge >= 0.3 is 5.97 Å². The van der Waals surface area contributed by atoms with Gasteiger partial charge in [0.1, 0.15) is 0 Å². The molecule has 0 saturated heterocycles. The monoisotopic (exact) mass is 128 g/mol. The van der Waals surface area contributed by atoms with Crippen molar-refractivity contribution in [3.8, 4) is 0 Å². The molecule has 2 N–H and O–H groups in total. The first-order valence-corrected chi connectivity index (χ1v) is 3.01. The average Bonchev–Trinajstić information content (AvgIpc) is 2.45. The zero-order chi connectivity index (χ0) is 6.70. The van der Waals surface area contributed by atoms with E-state index < -0.39 is 11.4 Å². The van der Waals surface area contributed by atoms with E-state index in [0.717, 1.165) is 0 Å². The summed E-state index contributed by atoms with van der Waals surface area (Å²) in [5.41, 5.74) is -0.638. The number of aliphatic hydroxyl groups is 1. The Bertz CT molecular complexity index is 179. The molecule has 0 radical (unpaired) electrons. The molecule has 0 bridgehead atoms. The number of hydrogen-bond acceptors (Lipinski definition) is 2. The van der Waals surface area contributed by atoms with E-state index in [1.165, 1.54) is 0 Å². The van der Waals surface area contributed by atoms with E-state index in [4.69, 9.17) is 10.2 Å². The van der Waals surface area contributed by atoms with Gasteiger partial charge < -0.3 is 10.2 Å². The van der Waals surface area contributed by atoms with Crippen molar-refractivity contribution in [1.82, 2.24) is 0 Å². The maximum absolute atomic E-state index is 10.4. The van der Waals surface area contributed by atoms with Crippen LogP contribution in [0.3, 0.4) is 0 Å². The number of fused-ring (bicyclic) bond motifs is 1. The second-order valence-electron chi connectivity index (χ2n) is 3.18. The molecule has 0 aromatic carbocycles. The minimum absolute atomic E-state index is 0.0549. The van der Waals surface area contributed by atoms with Gasteiger partial charge in [-0.05, 0) is 12.8 Å². The van der Waals surface area contributed by atoms with Gasteiger partial charge in [0.05, 0.1) is 5.41 Å². The molecule has 2 fully saturated rings. The lowest BCUT2D eigenvalue weighted by Gasteiger charge is -1.90. The third-order valence-electron chi connectivity index (χ3n) is 2.76. The summed E-state index contributed by atoms with van der Waals surface area (Å²) in [4.78, 5) is 10.4. The summed E-state index contributed by atoms with van der Waals surface area (Å²) in [5, 5.41) is 17.2. The fraction of sp³-hybridized carbons (Fsp3) is 0.833. The number of carboxylic acids is 1. The van der Waals surface area contributed by atoms with Crippen LogP contribution >= 0.6 is 0 Å². The summed E-state index contributed by atoms with van der Waals surface area (Å²) in [6, 6.07) is 0. The number of rotatable bonds is 2. The Morgan fingerprint density at radius 1 is 1.56 bits per heavy atom. The lowest BCUT2D eigenvalue weighted by atomic mass is 10.2. The minimum atomic E-state index is -0.725. The van der Waals surface area contributed by atoms with Gasteiger partial charge in [-0.25, -0.2) is 0 Å². The van der Waals surface area contributed by atoms with Crippen LogP contribution in [0, 0.1) is 10.8 Å². The van der Waals surface area contributed by atoms with E-state index in [2.05, 4.69) is 0 Å². The highest BCUT2D eigenvalue weighted by atomic mass is 16.4. The standard InChI is InChI=1S/C6H8O3/c7-3-5-1-6(5,2-5)4(8)9/h7H,1-3H2,(H,8,9). The molecule has 0 aromatic rings. The molecular weight excluding hydrogens is 120 g/mol. The summed E-state index contributed by atoms with van der Waals surface area (Å²) in [5.74, 6) is -0.725. The summed E-state index contributed by atoms with van der Waals surface area (Å²) in [6.07, 6.45) is 1.40. The quantitative estimate of drug-likeness (QED) is 0.543. The zero-order valence-electron chi connectivity index (χ0n) is 4.92. The first-order valence-electron chi connectivity index (χ1n) is 3.01. The van der Waals surface area contributed by atoms with Gasteiger partial charge in [-0.2, -0.15) is 0 Å². The molecule has 9 heavy (non-hydrogen) atoms. The topological polar surface area (TPSA) is 57.5 Å². The lowest BCUT2D eigenvalue weighted by Crippen LogP contribution is -2.03. The van der Waals surface area contributed by atoms with Gasteiger partial charge in [0.25, 0.3) is 0 Å². The van der Waals surface area contributed by atoms with Crippen molar-refractivity contribution in [1.29, 1.82) is 0 Å². The third-order valence-corrected chi connectivity index (χ3v) is 2.76. The van der Waals surface area contributed by atoms with Gasteiger partial charge in [0.2, 0.25) is 0 Å². The smallest absolute Gasteiger partial charge is 0.310 e. The van der Waals surface area contributed by atoms with Gasteiger partial charge in [0, 0.05) is 12.0 Å². The molecule has 2 aliphatic carbocycles. The predicted octanol–water partition coefficient (Wildman–Crippen LogP) is -0.157. The van der Waals surface area contributed by atoms with Crippen LogP contribution in [0.5, 0.6) is 0 Å². The van der Waals surface area contributed by atoms with Crippen molar-refractivity contribution in [3.05, 3.63) is 0 Å². The van der Waals surface area contributed by atoms with E-state index in [-0.39, 0.29) is 12.0 Å². The fourth-order valence-electron chi connectivity index (χ4n) is 1.66. The SMILES string of the molecule is O=C(O)C12CC1(CO)C2. The van der Waals surface area contributed by atoms with Crippen molar-refractivity contribution < 1.29 is 15.0 Å². The first kappa shape index (κ1) is 5.23. The fourth-order valence-corrected chi connectivity index (χ4v) is 1.66. The number of aliphatic hydroxyl groups excluding tert-OH is 1. The van der Waals surface area contributed by atoms with Crippen LogP contribution in [0.4, 0.5) is 0 Å². The first-order chi connectivity index (χ1) is 4.17. The molecule has 3 nitrogen and oxygen atoms in total. The molecule has 2 rings (SSSR count). The van der Waals surface area contributed by atoms with Gasteiger partial charge in [-0.15, -0.1) is 0 Å². The Morgan fingerprint density at radius 2 is 2.11 bits per heavy atom. The molecule has 3 heteroatoms. The molecule has 2 saturated carbocycles. The van der Waals surface area contributed by atoms with Crippen molar-refractivity contribution in [2.45, 2.75) is 12.8 Å². The third kappa shape index (κ3) is 0.339. The molecule has 0 unspecified atom stereocenters. The molecule has 0 spiro atoms.